The third-order valence-corrected chi connectivity index (χ3v) is 4.94. The molecule has 1 aromatic carbocycles. The second-order valence-electron chi connectivity index (χ2n) is 5.16. The monoisotopic (exact) mass is 314 g/mol. The maximum Gasteiger partial charge on any atom is 0.245 e. The van der Waals surface area contributed by atoms with E-state index in [4.69, 9.17) is 0 Å². The van der Waals surface area contributed by atoms with Crippen LogP contribution in [0.25, 0.3) is 0 Å². The summed E-state index contributed by atoms with van der Waals surface area (Å²) in [6.45, 7) is 3.71. The number of amides is 1. The van der Waals surface area contributed by atoms with Crippen molar-refractivity contribution < 1.29 is 17.6 Å². The van der Waals surface area contributed by atoms with Crippen LogP contribution in [-0.2, 0) is 14.8 Å². The molecule has 1 aromatic rings. The molecule has 0 aromatic heterocycles. The van der Waals surface area contributed by atoms with Gasteiger partial charge in [0.2, 0.25) is 15.9 Å². The number of nitrogens with one attached hydrogen (secondary N) is 1. The molecule has 0 bridgehead atoms. The van der Waals surface area contributed by atoms with Crippen LogP contribution in [0.5, 0.6) is 0 Å². The summed E-state index contributed by atoms with van der Waals surface area (Å²) < 4.78 is 39.6. The molecule has 1 aliphatic rings. The molecule has 21 heavy (non-hydrogen) atoms. The quantitative estimate of drug-likeness (QED) is 0.917. The first-order valence-electron chi connectivity index (χ1n) is 6.91. The van der Waals surface area contributed by atoms with Crippen molar-refractivity contribution in [3.05, 3.63) is 29.6 Å². The standard InChI is InChI=1S/C14H19FN2O3S/c1-3-21(19,20)16-12-5-4-8-17(14(12)18)13-9-10(2)6-7-11(13)15/h6-7,9,12,16H,3-5,8H2,1-2H3/t12-/m0/s1. The van der Waals surface area contributed by atoms with E-state index < -0.39 is 27.8 Å². The number of hydrogen-bond acceptors (Lipinski definition) is 3. The fourth-order valence-electron chi connectivity index (χ4n) is 2.35. The van der Waals surface area contributed by atoms with E-state index in [2.05, 4.69) is 4.72 Å². The third-order valence-electron chi connectivity index (χ3n) is 3.53. The van der Waals surface area contributed by atoms with Gasteiger partial charge in [0, 0.05) is 6.54 Å². The normalized spacial score (nSPS) is 19.9. The summed E-state index contributed by atoms with van der Waals surface area (Å²) in [6, 6.07) is 3.73. The zero-order valence-electron chi connectivity index (χ0n) is 12.1. The number of benzene rings is 1. The van der Waals surface area contributed by atoms with Crippen LogP contribution in [0, 0.1) is 12.7 Å². The minimum absolute atomic E-state index is 0.0877. The Morgan fingerprint density at radius 1 is 1.43 bits per heavy atom. The molecule has 7 heteroatoms. The molecule has 5 nitrogen and oxygen atoms in total. The zero-order chi connectivity index (χ0) is 15.6. The van der Waals surface area contributed by atoms with Crippen molar-refractivity contribution in [2.75, 3.05) is 17.2 Å². The van der Waals surface area contributed by atoms with Crippen molar-refractivity contribution in [2.45, 2.75) is 32.7 Å². The van der Waals surface area contributed by atoms with Crippen LogP contribution in [0.4, 0.5) is 10.1 Å². The topological polar surface area (TPSA) is 66.5 Å². The summed E-state index contributed by atoms with van der Waals surface area (Å²) in [6.07, 6.45) is 1.05. The van der Waals surface area contributed by atoms with Gasteiger partial charge in [-0.15, -0.1) is 0 Å². The first kappa shape index (κ1) is 15.9. The fraction of sp³-hybridized carbons (Fsp3) is 0.500. The first-order valence-corrected chi connectivity index (χ1v) is 8.57. The smallest absolute Gasteiger partial charge is 0.245 e. The summed E-state index contributed by atoms with van der Waals surface area (Å²) in [5.74, 6) is -0.967. The Hall–Kier alpha value is -1.47. The van der Waals surface area contributed by atoms with Gasteiger partial charge in [0.15, 0.2) is 0 Å². The lowest BCUT2D eigenvalue weighted by atomic mass is 10.0. The van der Waals surface area contributed by atoms with E-state index in [0.29, 0.717) is 19.4 Å². The lowest BCUT2D eigenvalue weighted by Crippen LogP contribution is -2.52. The number of anilines is 1. The molecule has 0 saturated carbocycles. The van der Waals surface area contributed by atoms with Crippen LogP contribution < -0.4 is 9.62 Å². The van der Waals surface area contributed by atoms with Gasteiger partial charge in [0.1, 0.15) is 11.9 Å². The predicted molar refractivity (Wildman–Crippen MR) is 79.1 cm³/mol. The molecule has 2 rings (SSSR count). The highest BCUT2D eigenvalue weighted by molar-refractivity contribution is 7.89. The van der Waals surface area contributed by atoms with Gasteiger partial charge in [0.05, 0.1) is 11.4 Å². The van der Waals surface area contributed by atoms with Gasteiger partial charge < -0.3 is 4.90 Å². The Morgan fingerprint density at radius 3 is 2.81 bits per heavy atom. The summed E-state index contributed by atoms with van der Waals surface area (Å²) in [5, 5.41) is 0. The number of sulfonamides is 1. The van der Waals surface area contributed by atoms with E-state index in [0.717, 1.165) is 5.56 Å². The molecule has 0 spiro atoms. The summed E-state index contributed by atoms with van der Waals surface area (Å²) >= 11 is 0. The molecule has 1 saturated heterocycles. The van der Waals surface area contributed by atoms with Crippen molar-refractivity contribution in [1.82, 2.24) is 4.72 Å². The summed E-state index contributed by atoms with van der Waals surface area (Å²) in [5.41, 5.74) is 1.05. The third kappa shape index (κ3) is 3.59. The van der Waals surface area contributed by atoms with Gasteiger partial charge in [0.25, 0.3) is 0 Å². The van der Waals surface area contributed by atoms with E-state index in [1.807, 2.05) is 6.92 Å². The van der Waals surface area contributed by atoms with Crippen LogP contribution in [-0.4, -0.2) is 32.7 Å². The van der Waals surface area contributed by atoms with Crippen molar-refractivity contribution >= 4 is 21.6 Å². The number of rotatable bonds is 4. The maximum absolute atomic E-state index is 13.9. The number of nitrogens with zero attached hydrogens (tertiary/aromatic N) is 1. The van der Waals surface area contributed by atoms with Crippen molar-refractivity contribution in [2.24, 2.45) is 0 Å². The highest BCUT2D eigenvalue weighted by Crippen LogP contribution is 2.25. The summed E-state index contributed by atoms with van der Waals surface area (Å²) in [4.78, 5) is 13.7. The van der Waals surface area contributed by atoms with E-state index in [1.54, 1.807) is 12.1 Å². The number of hydrogen-bond donors (Lipinski definition) is 1. The Kier molecular flexibility index (Phi) is 4.63. The van der Waals surface area contributed by atoms with Crippen molar-refractivity contribution in [3.8, 4) is 0 Å². The number of halogens is 1. The van der Waals surface area contributed by atoms with Crippen LogP contribution in [0.15, 0.2) is 18.2 Å². The number of aryl methyl sites for hydroxylation is 1. The Bertz CT molecular complexity index is 646. The fourth-order valence-corrected chi connectivity index (χ4v) is 3.17. The number of carbonyl (C=O) groups excluding carboxylic acids is 1. The highest BCUT2D eigenvalue weighted by Gasteiger charge is 2.33. The van der Waals surface area contributed by atoms with Gasteiger partial charge >= 0.3 is 0 Å². The van der Waals surface area contributed by atoms with Gasteiger partial charge in [-0.1, -0.05) is 6.07 Å². The second kappa shape index (κ2) is 6.11. The first-order chi connectivity index (χ1) is 9.84. The molecule has 1 atom stereocenters. The molecule has 0 unspecified atom stereocenters. The number of carbonyl (C=O) groups is 1. The van der Waals surface area contributed by atoms with E-state index >= 15 is 0 Å². The maximum atomic E-state index is 13.9. The van der Waals surface area contributed by atoms with E-state index in [-0.39, 0.29) is 11.4 Å². The van der Waals surface area contributed by atoms with Crippen LogP contribution in [0.1, 0.15) is 25.3 Å². The van der Waals surface area contributed by atoms with Crippen LogP contribution >= 0.6 is 0 Å². The molecule has 0 radical (unpaired) electrons. The minimum Gasteiger partial charge on any atom is -0.308 e. The molecule has 1 amide bonds. The second-order valence-corrected chi connectivity index (χ2v) is 7.20. The molecule has 0 aliphatic carbocycles. The number of piperidine rings is 1. The minimum atomic E-state index is -3.47. The van der Waals surface area contributed by atoms with E-state index in [9.17, 15) is 17.6 Å². The van der Waals surface area contributed by atoms with Crippen LogP contribution in [0.2, 0.25) is 0 Å². The molecule has 1 heterocycles. The van der Waals surface area contributed by atoms with Crippen molar-refractivity contribution in [1.29, 1.82) is 0 Å². The van der Waals surface area contributed by atoms with Gasteiger partial charge in [-0.25, -0.2) is 17.5 Å². The van der Waals surface area contributed by atoms with Gasteiger partial charge in [-0.3, -0.25) is 4.79 Å². The average Bonchev–Trinajstić information content (AvgIpc) is 2.44. The molecule has 116 valence electrons. The Morgan fingerprint density at radius 2 is 2.14 bits per heavy atom. The van der Waals surface area contributed by atoms with E-state index in [1.165, 1.54) is 17.9 Å². The zero-order valence-corrected chi connectivity index (χ0v) is 12.9. The largest absolute Gasteiger partial charge is 0.308 e. The lowest BCUT2D eigenvalue weighted by Gasteiger charge is -2.32. The molecular weight excluding hydrogens is 295 g/mol. The van der Waals surface area contributed by atoms with Gasteiger partial charge in [-0.2, -0.15) is 0 Å². The molecule has 1 fully saturated rings. The summed E-state index contributed by atoms with van der Waals surface area (Å²) in [7, 11) is -3.47. The van der Waals surface area contributed by atoms with Crippen LogP contribution in [0.3, 0.4) is 0 Å². The molecular formula is C14H19FN2O3S. The molecule has 1 aliphatic heterocycles. The van der Waals surface area contributed by atoms with Crippen molar-refractivity contribution in [3.63, 3.8) is 0 Å². The molecule has 1 N–H and O–H groups in total. The highest BCUT2D eigenvalue weighted by atomic mass is 32.2. The predicted octanol–water partition coefficient (Wildman–Crippen LogP) is 1.57. The Labute approximate surface area is 124 Å². The SMILES string of the molecule is CCS(=O)(=O)N[C@H]1CCCN(c2cc(C)ccc2F)C1=O. The lowest BCUT2D eigenvalue weighted by molar-refractivity contribution is -0.121. The van der Waals surface area contributed by atoms with Gasteiger partial charge in [-0.05, 0) is 44.4 Å². The Balaban J connectivity index is 2.26. The average molecular weight is 314 g/mol.